The molecule has 0 aliphatic rings. The van der Waals surface area contributed by atoms with Crippen LogP contribution in [0.15, 0.2) is 24.3 Å². The summed E-state index contributed by atoms with van der Waals surface area (Å²) in [7, 11) is 0. The van der Waals surface area contributed by atoms with Crippen LogP contribution in [-0.2, 0) is 9.59 Å². The topological polar surface area (TPSA) is 66.8 Å². The predicted molar refractivity (Wildman–Crippen MR) is 76.5 cm³/mol. The van der Waals surface area contributed by atoms with Gasteiger partial charge in [0.2, 0.25) is 0 Å². The van der Waals surface area contributed by atoms with Crippen molar-refractivity contribution in [1.29, 1.82) is 0 Å². The summed E-state index contributed by atoms with van der Waals surface area (Å²) in [6.45, 7) is 4.69. The highest BCUT2D eigenvalue weighted by molar-refractivity contribution is 5.85. The maximum Gasteiger partial charge on any atom is 0.328 e. The molecule has 0 aliphatic carbocycles. The molecule has 1 N–H and O–H groups in total. The number of hydrogen-bond acceptors (Lipinski definition) is 3. The summed E-state index contributed by atoms with van der Waals surface area (Å²) in [5, 5.41) is 8.54. The zero-order chi connectivity index (χ0) is 15.8. The number of carboxylic acids is 1. The average Bonchev–Trinajstić information content (AvgIpc) is 2.44. The number of rotatable bonds is 7. The zero-order valence-electron chi connectivity index (χ0n) is 12.0. The third-order valence-corrected chi connectivity index (χ3v) is 2.79. The van der Waals surface area contributed by atoms with Crippen LogP contribution in [0.25, 0.3) is 6.08 Å². The van der Waals surface area contributed by atoms with Crippen LogP contribution in [0.5, 0.6) is 5.75 Å². The molecule has 0 bridgehead atoms. The Balaban J connectivity index is 2.75. The van der Waals surface area contributed by atoms with Crippen molar-refractivity contribution in [2.45, 2.75) is 13.8 Å². The van der Waals surface area contributed by atoms with Gasteiger partial charge in [-0.3, -0.25) is 4.79 Å². The third kappa shape index (κ3) is 5.64. The molecule has 1 rings (SSSR count). The monoisotopic (exact) mass is 295 g/mol. The molecule has 0 saturated heterocycles. The fourth-order valence-corrected chi connectivity index (χ4v) is 1.74. The smallest absolute Gasteiger partial charge is 0.328 e. The summed E-state index contributed by atoms with van der Waals surface area (Å²) in [6.07, 6.45) is 2.16. The first kappa shape index (κ1) is 16.7. The van der Waals surface area contributed by atoms with Gasteiger partial charge in [-0.05, 0) is 37.6 Å². The molecular formula is C15H18FNO4. The molecule has 1 aromatic carbocycles. The first-order chi connectivity index (χ1) is 9.96. The van der Waals surface area contributed by atoms with Gasteiger partial charge in [-0.15, -0.1) is 0 Å². The van der Waals surface area contributed by atoms with E-state index < -0.39 is 11.8 Å². The lowest BCUT2D eigenvalue weighted by atomic mass is 10.2. The van der Waals surface area contributed by atoms with Crippen molar-refractivity contribution in [3.8, 4) is 5.75 Å². The summed E-state index contributed by atoms with van der Waals surface area (Å²) in [5.41, 5.74) is 0.350. The van der Waals surface area contributed by atoms with Crippen LogP contribution in [0.4, 0.5) is 4.39 Å². The highest BCUT2D eigenvalue weighted by atomic mass is 19.1. The second kappa shape index (κ2) is 8.04. The van der Waals surface area contributed by atoms with Crippen molar-refractivity contribution in [2.24, 2.45) is 0 Å². The van der Waals surface area contributed by atoms with Crippen molar-refractivity contribution < 1.29 is 23.8 Å². The Hall–Kier alpha value is -2.37. The Bertz CT molecular complexity index is 538. The number of amides is 1. The molecule has 0 atom stereocenters. The van der Waals surface area contributed by atoms with E-state index in [1.165, 1.54) is 18.2 Å². The molecule has 0 radical (unpaired) electrons. The molecule has 114 valence electrons. The SMILES string of the molecule is CCN(CC)C(=O)COc1cc(F)cc(/C=C/C(=O)O)c1. The minimum Gasteiger partial charge on any atom is -0.484 e. The molecule has 21 heavy (non-hydrogen) atoms. The first-order valence-corrected chi connectivity index (χ1v) is 6.58. The molecule has 0 aromatic heterocycles. The summed E-state index contributed by atoms with van der Waals surface area (Å²) >= 11 is 0. The Kier molecular flexibility index (Phi) is 6.39. The summed E-state index contributed by atoms with van der Waals surface area (Å²) in [6, 6.07) is 3.80. The van der Waals surface area contributed by atoms with E-state index >= 15 is 0 Å². The fraction of sp³-hybridized carbons (Fsp3) is 0.333. The van der Waals surface area contributed by atoms with Crippen molar-refractivity contribution >= 4 is 18.0 Å². The summed E-state index contributed by atoms with van der Waals surface area (Å²) in [4.78, 5) is 23.8. The first-order valence-electron chi connectivity index (χ1n) is 6.58. The lowest BCUT2D eigenvalue weighted by molar-refractivity contribution is -0.133. The fourth-order valence-electron chi connectivity index (χ4n) is 1.74. The largest absolute Gasteiger partial charge is 0.484 e. The molecule has 0 spiro atoms. The number of benzene rings is 1. The second-order valence-electron chi connectivity index (χ2n) is 4.25. The van der Waals surface area contributed by atoms with Gasteiger partial charge < -0.3 is 14.7 Å². The van der Waals surface area contributed by atoms with Crippen LogP contribution in [0.3, 0.4) is 0 Å². The minimum atomic E-state index is -1.13. The van der Waals surface area contributed by atoms with E-state index in [1.54, 1.807) is 4.90 Å². The van der Waals surface area contributed by atoms with Crippen LogP contribution in [0.1, 0.15) is 19.4 Å². The number of halogens is 1. The number of carbonyl (C=O) groups excluding carboxylic acids is 1. The molecule has 0 saturated carbocycles. The summed E-state index contributed by atoms with van der Waals surface area (Å²) < 4.78 is 18.7. The van der Waals surface area contributed by atoms with E-state index in [0.717, 1.165) is 12.1 Å². The zero-order valence-corrected chi connectivity index (χ0v) is 12.0. The Labute approximate surface area is 122 Å². The van der Waals surface area contributed by atoms with E-state index in [0.29, 0.717) is 18.7 Å². The summed E-state index contributed by atoms with van der Waals surface area (Å²) in [5.74, 6) is -1.70. The number of hydrogen-bond donors (Lipinski definition) is 1. The van der Waals surface area contributed by atoms with Crippen LogP contribution in [0, 0.1) is 5.82 Å². The van der Waals surface area contributed by atoms with Gasteiger partial charge in [0.05, 0.1) is 0 Å². The van der Waals surface area contributed by atoms with Gasteiger partial charge in [0, 0.05) is 25.2 Å². The number of nitrogens with zero attached hydrogens (tertiary/aromatic N) is 1. The molecule has 0 aliphatic heterocycles. The molecule has 1 aromatic rings. The normalized spacial score (nSPS) is 10.6. The molecule has 5 nitrogen and oxygen atoms in total. The van der Waals surface area contributed by atoms with Crippen LogP contribution in [-0.4, -0.2) is 41.6 Å². The van der Waals surface area contributed by atoms with E-state index in [4.69, 9.17) is 9.84 Å². The van der Waals surface area contributed by atoms with E-state index in [9.17, 15) is 14.0 Å². The van der Waals surface area contributed by atoms with Gasteiger partial charge in [0.15, 0.2) is 6.61 Å². The van der Waals surface area contributed by atoms with Gasteiger partial charge >= 0.3 is 5.97 Å². The van der Waals surface area contributed by atoms with Crippen LogP contribution >= 0.6 is 0 Å². The quantitative estimate of drug-likeness (QED) is 0.783. The Morgan fingerprint density at radius 3 is 2.52 bits per heavy atom. The molecule has 0 unspecified atom stereocenters. The second-order valence-corrected chi connectivity index (χ2v) is 4.25. The maximum atomic E-state index is 13.4. The number of aliphatic carboxylic acids is 1. The van der Waals surface area contributed by atoms with Crippen molar-refractivity contribution in [2.75, 3.05) is 19.7 Å². The molecule has 1 amide bonds. The molecule has 0 heterocycles. The maximum absolute atomic E-state index is 13.4. The standard InChI is InChI=1S/C15H18FNO4/c1-3-17(4-2)14(18)10-21-13-8-11(5-6-15(19)20)7-12(16)9-13/h5-9H,3-4,10H2,1-2H3,(H,19,20)/b6-5+. The van der Waals surface area contributed by atoms with Gasteiger partial charge in [-0.2, -0.15) is 0 Å². The Morgan fingerprint density at radius 1 is 1.29 bits per heavy atom. The van der Waals surface area contributed by atoms with Gasteiger partial charge in [-0.25, -0.2) is 9.18 Å². The lowest BCUT2D eigenvalue weighted by Gasteiger charge is -2.18. The number of likely N-dealkylation sites (N-methyl/N-ethyl adjacent to an activating group) is 1. The van der Waals surface area contributed by atoms with Crippen LogP contribution in [0.2, 0.25) is 0 Å². The number of carbonyl (C=O) groups is 2. The lowest BCUT2D eigenvalue weighted by Crippen LogP contribution is -2.34. The minimum absolute atomic E-state index is 0.181. The van der Waals surface area contributed by atoms with Crippen molar-refractivity contribution in [3.63, 3.8) is 0 Å². The van der Waals surface area contributed by atoms with Gasteiger partial charge in [0.1, 0.15) is 11.6 Å². The van der Waals surface area contributed by atoms with E-state index in [1.807, 2.05) is 13.8 Å². The van der Waals surface area contributed by atoms with Gasteiger partial charge in [0.25, 0.3) is 5.91 Å². The Morgan fingerprint density at radius 2 is 1.95 bits per heavy atom. The highest BCUT2D eigenvalue weighted by Crippen LogP contribution is 2.17. The predicted octanol–water partition coefficient (Wildman–Crippen LogP) is 2.17. The van der Waals surface area contributed by atoms with Crippen molar-refractivity contribution in [1.82, 2.24) is 4.90 Å². The molecule has 0 fully saturated rings. The third-order valence-electron chi connectivity index (χ3n) is 2.79. The van der Waals surface area contributed by atoms with E-state index in [-0.39, 0.29) is 18.3 Å². The molecule has 6 heteroatoms. The number of ether oxygens (including phenoxy) is 1. The van der Waals surface area contributed by atoms with Crippen molar-refractivity contribution in [3.05, 3.63) is 35.7 Å². The van der Waals surface area contributed by atoms with Gasteiger partial charge in [-0.1, -0.05) is 0 Å². The average molecular weight is 295 g/mol. The number of carboxylic acid groups (broad SMARTS) is 1. The van der Waals surface area contributed by atoms with Crippen LogP contribution < -0.4 is 4.74 Å². The van der Waals surface area contributed by atoms with E-state index in [2.05, 4.69) is 0 Å². The highest BCUT2D eigenvalue weighted by Gasteiger charge is 2.10. The molecular weight excluding hydrogens is 277 g/mol.